The third-order valence-corrected chi connectivity index (χ3v) is 4.19. The Hall–Kier alpha value is -3.28. The van der Waals surface area contributed by atoms with Crippen LogP contribution in [-0.4, -0.2) is 21.7 Å². The van der Waals surface area contributed by atoms with Gasteiger partial charge in [0, 0.05) is 0 Å². The molecule has 1 unspecified atom stereocenters. The predicted octanol–water partition coefficient (Wildman–Crippen LogP) is 2.72. The molecule has 2 aromatic carbocycles. The van der Waals surface area contributed by atoms with Crippen LogP contribution in [-0.2, 0) is 4.79 Å². The normalized spacial score (nSPS) is 12.4. The summed E-state index contributed by atoms with van der Waals surface area (Å²) in [7, 11) is 0. The van der Waals surface area contributed by atoms with Crippen LogP contribution in [0.1, 0.15) is 29.8 Å². The molecule has 1 heterocycles. The number of para-hydroxylation sites is 2. The van der Waals surface area contributed by atoms with Gasteiger partial charge in [0.25, 0.3) is 11.5 Å². The van der Waals surface area contributed by atoms with E-state index >= 15 is 0 Å². The topological polar surface area (TPSA) is 76.3 Å². The van der Waals surface area contributed by atoms with Crippen molar-refractivity contribution in [3.63, 3.8) is 0 Å². The van der Waals surface area contributed by atoms with E-state index in [4.69, 9.17) is 0 Å². The van der Waals surface area contributed by atoms with Crippen LogP contribution in [0.2, 0.25) is 0 Å². The van der Waals surface area contributed by atoms with Gasteiger partial charge in [0.15, 0.2) is 0 Å². The Morgan fingerprint density at radius 1 is 1.15 bits per heavy atom. The van der Waals surface area contributed by atoms with Crippen molar-refractivity contribution in [3.8, 4) is 0 Å². The van der Waals surface area contributed by atoms with E-state index in [1.807, 2.05) is 49.4 Å². The lowest BCUT2D eigenvalue weighted by Crippen LogP contribution is -2.35. The van der Waals surface area contributed by atoms with Gasteiger partial charge >= 0.3 is 0 Å². The number of rotatable bonds is 4. The van der Waals surface area contributed by atoms with E-state index in [1.54, 1.807) is 26.1 Å². The van der Waals surface area contributed by atoms with Crippen LogP contribution in [0.3, 0.4) is 0 Å². The van der Waals surface area contributed by atoms with Gasteiger partial charge in [-0.25, -0.2) is 10.4 Å². The van der Waals surface area contributed by atoms with Crippen molar-refractivity contribution < 1.29 is 4.79 Å². The number of amides is 1. The molecule has 0 saturated heterocycles. The molecule has 0 aliphatic carbocycles. The number of hydrogen-bond acceptors (Lipinski definition) is 4. The van der Waals surface area contributed by atoms with Crippen LogP contribution < -0.4 is 11.0 Å². The highest BCUT2D eigenvalue weighted by molar-refractivity contribution is 5.85. The molecular formula is C20H20N4O2. The first-order valence-corrected chi connectivity index (χ1v) is 8.35. The van der Waals surface area contributed by atoms with Crippen molar-refractivity contribution >= 4 is 23.2 Å². The molecule has 0 spiro atoms. The molecule has 132 valence electrons. The summed E-state index contributed by atoms with van der Waals surface area (Å²) in [5, 5.41) is 3.99. The second kappa shape index (κ2) is 7.31. The van der Waals surface area contributed by atoms with E-state index in [2.05, 4.69) is 15.5 Å². The fourth-order valence-electron chi connectivity index (χ4n) is 2.69. The second-order valence-electron chi connectivity index (χ2n) is 6.18. The van der Waals surface area contributed by atoms with Gasteiger partial charge in [-0.1, -0.05) is 42.0 Å². The van der Waals surface area contributed by atoms with Crippen molar-refractivity contribution in [3.05, 3.63) is 75.7 Å². The summed E-state index contributed by atoms with van der Waals surface area (Å²) in [6, 6.07) is 14.3. The third kappa shape index (κ3) is 3.54. The van der Waals surface area contributed by atoms with Crippen LogP contribution >= 0.6 is 0 Å². The summed E-state index contributed by atoms with van der Waals surface area (Å²) in [6.45, 7) is 5.32. The Morgan fingerprint density at radius 3 is 2.58 bits per heavy atom. The minimum Gasteiger partial charge on any atom is -0.293 e. The van der Waals surface area contributed by atoms with Crippen LogP contribution in [0.4, 0.5) is 0 Å². The van der Waals surface area contributed by atoms with Gasteiger partial charge in [0.2, 0.25) is 0 Å². The number of hydrogen-bond donors (Lipinski definition) is 1. The summed E-state index contributed by atoms with van der Waals surface area (Å²) in [5.74, 6) is -0.369. The molecule has 3 aromatic rings. The number of carbonyl (C=O) groups is 1. The molecule has 6 heteroatoms. The zero-order valence-corrected chi connectivity index (χ0v) is 14.9. The van der Waals surface area contributed by atoms with Crippen molar-refractivity contribution in [2.45, 2.75) is 26.8 Å². The molecule has 0 fully saturated rings. The Morgan fingerprint density at radius 2 is 1.85 bits per heavy atom. The number of nitrogens with one attached hydrogen (secondary N) is 1. The largest absolute Gasteiger partial charge is 0.293 e. The average molecular weight is 348 g/mol. The van der Waals surface area contributed by atoms with E-state index in [0.717, 1.165) is 11.1 Å². The average Bonchev–Trinajstić information content (AvgIpc) is 2.64. The highest BCUT2D eigenvalue weighted by atomic mass is 16.2. The van der Waals surface area contributed by atoms with Crippen LogP contribution in [0.15, 0.2) is 58.4 Å². The number of nitrogens with zero attached hydrogens (tertiary/aromatic N) is 3. The number of fused-ring (bicyclic) bond motifs is 1. The molecule has 1 atom stereocenters. The maximum absolute atomic E-state index is 12.5. The van der Waals surface area contributed by atoms with Gasteiger partial charge in [-0.15, -0.1) is 0 Å². The van der Waals surface area contributed by atoms with E-state index in [0.29, 0.717) is 16.7 Å². The summed E-state index contributed by atoms with van der Waals surface area (Å²) in [5.41, 5.74) is 5.90. The van der Waals surface area contributed by atoms with E-state index < -0.39 is 6.04 Å². The number of hydrazone groups is 1. The highest BCUT2D eigenvalue weighted by Crippen LogP contribution is 2.15. The molecule has 0 bridgehead atoms. The molecule has 0 radical (unpaired) electrons. The summed E-state index contributed by atoms with van der Waals surface area (Å²) in [4.78, 5) is 29.3. The smallest absolute Gasteiger partial charge is 0.273 e. The Labute approximate surface area is 151 Å². The molecule has 0 saturated carbocycles. The summed E-state index contributed by atoms with van der Waals surface area (Å²) >= 11 is 0. The number of benzene rings is 2. The van der Waals surface area contributed by atoms with Crippen LogP contribution in [0.5, 0.6) is 0 Å². The Balaban J connectivity index is 1.85. The lowest BCUT2D eigenvalue weighted by molar-refractivity contribution is -0.123. The lowest BCUT2D eigenvalue weighted by Gasteiger charge is -2.16. The van der Waals surface area contributed by atoms with E-state index in [-0.39, 0.29) is 11.5 Å². The molecule has 6 nitrogen and oxygen atoms in total. The zero-order chi connectivity index (χ0) is 18.7. The maximum atomic E-state index is 12.5. The van der Waals surface area contributed by atoms with E-state index in [9.17, 15) is 9.59 Å². The van der Waals surface area contributed by atoms with Crippen molar-refractivity contribution in [2.24, 2.45) is 5.10 Å². The fourth-order valence-corrected chi connectivity index (χ4v) is 2.69. The lowest BCUT2D eigenvalue weighted by atomic mass is 10.2. The van der Waals surface area contributed by atoms with Gasteiger partial charge in [0.1, 0.15) is 11.7 Å². The van der Waals surface area contributed by atoms with Gasteiger partial charge in [-0.2, -0.15) is 5.10 Å². The molecule has 26 heavy (non-hydrogen) atoms. The Bertz CT molecular complexity index is 1040. The fraction of sp³-hybridized carbons (Fsp3) is 0.200. The first-order valence-electron chi connectivity index (χ1n) is 8.35. The molecular weight excluding hydrogens is 328 g/mol. The van der Waals surface area contributed by atoms with Gasteiger partial charge in [-0.3, -0.25) is 14.2 Å². The minimum absolute atomic E-state index is 0.283. The zero-order valence-electron chi connectivity index (χ0n) is 14.9. The second-order valence-corrected chi connectivity index (χ2v) is 6.18. The van der Waals surface area contributed by atoms with Crippen LogP contribution in [0.25, 0.3) is 11.0 Å². The molecule has 3 rings (SSSR count). The molecule has 1 amide bonds. The Kier molecular flexibility index (Phi) is 4.93. The SMILES string of the molecule is Cc1ccc(C=NNC(=O)C(C)n2c(=O)c(C)nc3ccccc32)cc1. The highest BCUT2D eigenvalue weighted by Gasteiger charge is 2.19. The number of aromatic nitrogens is 2. The number of aryl methyl sites for hydroxylation is 2. The minimum atomic E-state index is -0.718. The third-order valence-electron chi connectivity index (χ3n) is 4.19. The number of carbonyl (C=O) groups excluding carboxylic acids is 1. The molecule has 0 aliphatic rings. The molecule has 1 aromatic heterocycles. The summed E-state index contributed by atoms with van der Waals surface area (Å²) < 4.78 is 1.45. The molecule has 1 N–H and O–H groups in total. The van der Waals surface area contributed by atoms with E-state index in [1.165, 1.54) is 4.57 Å². The first-order chi connectivity index (χ1) is 12.5. The summed E-state index contributed by atoms with van der Waals surface area (Å²) in [6.07, 6.45) is 1.57. The predicted molar refractivity (Wildman–Crippen MR) is 102 cm³/mol. The van der Waals surface area contributed by atoms with Gasteiger partial charge in [-0.05, 0) is 38.5 Å². The van der Waals surface area contributed by atoms with Crippen molar-refractivity contribution in [1.29, 1.82) is 0 Å². The maximum Gasteiger partial charge on any atom is 0.273 e. The quantitative estimate of drug-likeness (QED) is 0.582. The van der Waals surface area contributed by atoms with Crippen LogP contribution in [0, 0.1) is 13.8 Å². The monoisotopic (exact) mass is 348 g/mol. The van der Waals surface area contributed by atoms with Crippen molar-refractivity contribution in [2.75, 3.05) is 0 Å². The standard InChI is InChI=1S/C20H20N4O2/c1-13-8-10-16(11-9-13)12-21-23-19(25)15(3)24-18-7-5-4-6-17(18)22-14(2)20(24)26/h4-12,15H,1-3H3,(H,23,25). The van der Waals surface area contributed by atoms with Gasteiger partial charge < -0.3 is 0 Å². The first kappa shape index (κ1) is 17.5. The van der Waals surface area contributed by atoms with Gasteiger partial charge in [0.05, 0.1) is 17.2 Å². The molecule has 0 aliphatic heterocycles. The van der Waals surface area contributed by atoms with Crippen molar-refractivity contribution in [1.82, 2.24) is 15.0 Å².